The number of hydrogen-bond donors (Lipinski definition) is 1. The first-order chi connectivity index (χ1) is 11.3. The van der Waals surface area contributed by atoms with Gasteiger partial charge in [-0.1, -0.05) is 39.0 Å². The van der Waals surface area contributed by atoms with Gasteiger partial charge in [0, 0.05) is 29.6 Å². The zero-order valence-corrected chi connectivity index (χ0v) is 14.6. The number of carbonyl (C=O) groups is 1. The zero-order chi connectivity index (χ0) is 17.1. The van der Waals surface area contributed by atoms with Crippen LogP contribution >= 0.6 is 0 Å². The molecule has 126 valence electrons. The van der Waals surface area contributed by atoms with Crippen molar-refractivity contribution in [2.75, 3.05) is 6.54 Å². The van der Waals surface area contributed by atoms with Gasteiger partial charge < -0.3 is 9.88 Å². The summed E-state index contributed by atoms with van der Waals surface area (Å²) >= 11 is 0. The first-order valence-corrected chi connectivity index (χ1v) is 8.70. The molecule has 0 spiro atoms. The van der Waals surface area contributed by atoms with Gasteiger partial charge in [0.2, 0.25) is 0 Å². The lowest BCUT2D eigenvalue weighted by Gasteiger charge is -2.39. The Kier molecular flexibility index (Phi) is 3.18. The van der Waals surface area contributed by atoms with Gasteiger partial charge in [-0.3, -0.25) is 9.59 Å². The van der Waals surface area contributed by atoms with E-state index < -0.39 is 0 Å². The van der Waals surface area contributed by atoms with Crippen molar-refractivity contribution in [1.82, 2.24) is 9.88 Å². The molecule has 2 atom stereocenters. The van der Waals surface area contributed by atoms with Gasteiger partial charge >= 0.3 is 0 Å². The van der Waals surface area contributed by atoms with E-state index in [1.807, 2.05) is 18.2 Å². The lowest BCUT2D eigenvalue weighted by Crippen LogP contribution is -2.38. The molecule has 2 fully saturated rings. The van der Waals surface area contributed by atoms with E-state index in [1.54, 1.807) is 12.3 Å². The number of nitrogens with one attached hydrogen (secondary N) is 1. The molecular weight excluding hydrogens is 300 g/mol. The normalized spacial score (nSPS) is 28.3. The van der Waals surface area contributed by atoms with Crippen molar-refractivity contribution in [1.29, 1.82) is 0 Å². The summed E-state index contributed by atoms with van der Waals surface area (Å²) in [6, 6.07) is 7.66. The Bertz CT molecular complexity index is 883. The van der Waals surface area contributed by atoms with Crippen LogP contribution in [0.25, 0.3) is 10.8 Å². The summed E-state index contributed by atoms with van der Waals surface area (Å²) in [4.78, 5) is 30.1. The molecule has 1 saturated heterocycles. The molecule has 1 amide bonds. The minimum atomic E-state index is -0.143. The minimum Gasteiger partial charge on any atom is -0.335 e. The van der Waals surface area contributed by atoms with Crippen LogP contribution in [-0.4, -0.2) is 28.4 Å². The molecule has 24 heavy (non-hydrogen) atoms. The molecule has 2 bridgehead atoms. The summed E-state index contributed by atoms with van der Waals surface area (Å²) in [5.74, 6) is 0.0499. The van der Waals surface area contributed by atoms with Crippen LogP contribution in [0.3, 0.4) is 0 Å². The topological polar surface area (TPSA) is 53.2 Å². The van der Waals surface area contributed by atoms with E-state index in [9.17, 15) is 9.59 Å². The zero-order valence-electron chi connectivity index (χ0n) is 14.6. The van der Waals surface area contributed by atoms with Crippen molar-refractivity contribution in [2.24, 2.45) is 10.8 Å². The average molecular weight is 324 g/mol. The van der Waals surface area contributed by atoms with Crippen LogP contribution < -0.4 is 5.56 Å². The largest absolute Gasteiger partial charge is 0.335 e. The highest BCUT2D eigenvalue weighted by Gasteiger charge is 2.51. The summed E-state index contributed by atoms with van der Waals surface area (Å²) in [6.07, 6.45) is 4.88. The van der Waals surface area contributed by atoms with Gasteiger partial charge in [-0.15, -0.1) is 0 Å². The van der Waals surface area contributed by atoms with E-state index in [1.165, 1.54) is 0 Å². The predicted molar refractivity (Wildman–Crippen MR) is 95.1 cm³/mol. The van der Waals surface area contributed by atoms with Crippen molar-refractivity contribution in [2.45, 2.75) is 46.1 Å². The Morgan fingerprint density at radius 1 is 1.17 bits per heavy atom. The van der Waals surface area contributed by atoms with Crippen LogP contribution in [0.1, 0.15) is 50.4 Å². The van der Waals surface area contributed by atoms with Crippen LogP contribution in [-0.2, 0) is 0 Å². The van der Waals surface area contributed by atoms with E-state index in [-0.39, 0.29) is 22.3 Å². The lowest BCUT2D eigenvalue weighted by molar-refractivity contribution is 0.0710. The predicted octanol–water partition coefficient (Wildman–Crippen LogP) is 3.57. The van der Waals surface area contributed by atoms with Crippen molar-refractivity contribution < 1.29 is 4.79 Å². The smallest absolute Gasteiger partial charge is 0.256 e. The second-order valence-electron chi connectivity index (χ2n) is 8.72. The Morgan fingerprint density at radius 3 is 2.62 bits per heavy atom. The monoisotopic (exact) mass is 324 g/mol. The third-order valence-electron chi connectivity index (χ3n) is 5.72. The van der Waals surface area contributed by atoms with Crippen LogP contribution in [0.15, 0.2) is 35.3 Å². The number of carbonyl (C=O) groups excluding carboxylic acids is 1. The summed E-state index contributed by atoms with van der Waals surface area (Å²) in [5.41, 5.74) is 0.953. The number of benzene rings is 1. The van der Waals surface area contributed by atoms with Gasteiger partial charge in [-0.2, -0.15) is 0 Å². The first kappa shape index (κ1) is 15.4. The highest BCUT2D eigenvalue weighted by atomic mass is 16.2. The van der Waals surface area contributed by atoms with Gasteiger partial charge in [-0.05, 0) is 36.2 Å². The SMILES string of the molecule is CC1(C)C[C@@H]2C[C@@](C)(CN2C(=O)c2c[nH]c(=O)c3ccccc23)C1. The fourth-order valence-corrected chi connectivity index (χ4v) is 5.24. The van der Waals surface area contributed by atoms with E-state index in [2.05, 4.69) is 30.7 Å². The molecule has 1 aliphatic heterocycles. The number of H-pyrrole nitrogens is 1. The van der Waals surface area contributed by atoms with Crippen LogP contribution in [0.4, 0.5) is 0 Å². The number of aromatic nitrogens is 1. The van der Waals surface area contributed by atoms with Crippen molar-refractivity contribution >= 4 is 16.7 Å². The molecule has 4 nitrogen and oxygen atoms in total. The molecule has 4 rings (SSSR count). The van der Waals surface area contributed by atoms with Crippen molar-refractivity contribution in [3.05, 3.63) is 46.4 Å². The van der Waals surface area contributed by atoms with Gasteiger partial charge in [0.15, 0.2) is 0 Å². The molecule has 4 heteroatoms. The fourth-order valence-electron chi connectivity index (χ4n) is 5.24. The molecule has 0 radical (unpaired) electrons. The van der Waals surface area contributed by atoms with Crippen molar-refractivity contribution in [3.63, 3.8) is 0 Å². The number of fused-ring (bicyclic) bond motifs is 3. The third kappa shape index (κ3) is 2.36. The van der Waals surface area contributed by atoms with E-state index in [0.717, 1.165) is 31.2 Å². The number of hydrogen-bond acceptors (Lipinski definition) is 2. The van der Waals surface area contributed by atoms with Crippen LogP contribution in [0, 0.1) is 10.8 Å². The summed E-state index contributed by atoms with van der Waals surface area (Å²) in [5, 5.41) is 1.33. The van der Waals surface area contributed by atoms with Crippen LogP contribution in [0.2, 0.25) is 0 Å². The van der Waals surface area contributed by atoms with E-state index >= 15 is 0 Å². The van der Waals surface area contributed by atoms with Crippen LogP contribution in [0.5, 0.6) is 0 Å². The highest BCUT2D eigenvalue weighted by Crippen LogP contribution is 2.52. The number of likely N-dealkylation sites (tertiary alicyclic amines) is 1. The highest BCUT2D eigenvalue weighted by molar-refractivity contribution is 6.06. The minimum absolute atomic E-state index is 0.0499. The summed E-state index contributed by atoms with van der Waals surface area (Å²) in [6.45, 7) is 7.73. The Labute approximate surface area is 141 Å². The molecule has 1 saturated carbocycles. The maximum absolute atomic E-state index is 13.3. The molecule has 2 aliphatic rings. The lowest BCUT2D eigenvalue weighted by atomic mass is 9.65. The third-order valence-corrected chi connectivity index (χ3v) is 5.72. The number of aromatic amines is 1. The standard InChI is InChI=1S/C20H24N2O2/c1-19(2)8-13-9-20(3,11-19)12-22(13)18(24)16-10-21-17(23)15-7-5-4-6-14(15)16/h4-7,10,13H,8-9,11-12H2,1-3H3,(H,21,23)/t13-,20-/m1/s1. The molecule has 2 heterocycles. The van der Waals surface area contributed by atoms with Gasteiger partial charge in [0.25, 0.3) is 11.5 Å². The number of amides is 1. The molecule has 1 aromatic heterocycles. The number of rotatable bonds is 1. The molecule has 2 aromatic rings. The van der Waals surface area contributed by atoms with E-state index in [4.69, 9.17) is 0 Å². The van der Waals surface area contributed by atoms with E-state index in [0.29, 0.717) is 17.0 Å². The maximum Gasteiger partial charge on any atom is 0.256 e. The summed E-state index contributed by atoms with van der Waals surface area (Å²) in [7, 11) is 0. The maximum atomic E-state index is 13.3. The molecule has 1 aliphatic carbocycles. The Morgan fingerprint density at radius 2 is 1.88 bits per heavy atom. The van der Waals surface area contributed by atoms with Crippen molar-refractivity contribution in [3.8, 4) is 0 Å². The summed E-state index contributed by atoms with van der Waals surface area (Å²) < 4.78 is 0. The Balaban J connectivity index is 1.76. The fraction of sp³-hybridized carbons (Fsp3) is 0.500. The second kappa shape index (κ2) is 4.95. The van der Waals surface area contributed by atoms with Gasteiger partial charge in [0.05, 0.1) is 5.56 Å². The number of nitrogens with zero attached hydrogens (tertiary/aromatic N) is 1. The first-order valence-electron chi connectivity index (χ1n) is 8.70. The quantitative estimate of drug-likeness (QED) is 0.872. The second-order valence-corrected chi connectivity index (χ2v) is 8.72. The van der Waals surface area contributed by atoms with Gasteiger partial charge in [-0.25, -0.2) is 0 Å². The molecular formula is C20H24N2O2. The molecule has 0 unspecified atom stereocenters. The number of pyridine rings is 1. The Hall–Kier alpha value is -2.10. The van der Waals surface area contributed by atoms with Gasteiger partial charge in [0.1, 0.15) is 0 Å². The average Bonchev–Trinajstić information content (AvgIpc) is 2.76. The molecule has 1 aromatic carbocycles. The molecule has 1 N–H and O–H groups in total.